The van der Waals surface area contributed by atoms with Crippen LogP contribution in [0.15, 0.2) is 15.7 Å². The van der Waals surface area contributed by atoms with Gasteiger partial charge in [-0.3, -0.25) is 4.79 Å². The first-order valence-corrected chi connectivity index (χ1v) is 10.0. The lowest BCUT2D eigenvalue weighted by molar-refractivity contribution is -0.119. The molecule has 1 saturated carbocycles. The van der Waals surface area contributed by atoms with Crippen LogP contribution in [0.5, 0.6) is 0 Å². The maximum atomic E-state index is 11.9. The minimum absolute atomic E-state index is 0.00515. The van der Waals surface area contributed by atoms with Gasteiger partial charge in [-0.05, 0) is 49.7 Å². The van der Waals surface area contributed by atoms with E-state index in [1.54, 1.807) is 11.3 Å². The Morgan fingerprint density at radius 3 is 3.04 bits per heavy atom. The second-order valence-electron chi connectivity index (χ2n) is 6.60. The minimum atomic E-state index is -0.00515. The molecule has 2 heterocycles. The molecule has 0 aliphatic heterocycles. The predicted octanol–water partition coefficient (Wildman–Crippen LogP) is 4.53. The first-order valence-electron chi connectivity index (χ1n) is 8.34. The molecule has 6 heteroatoms. The number of thiophene rings is 1. The number of rotatable bonds is 3. The van der Waals surface area contributed by atoms with Crippen LogP contribution in [0.2, 0.25) is 0 Å². The van der Waals surface area contributed by atoms with Gasteiger partial charge in [-0.25, -0.2) is 0 Å². The predicted molar refractivity (Wildman–Crippen MR) is 91.9 cm³/mol. The first kappa shape index (κ1) is 15.4. The van der Waals surface area contributed by atoms with E-state index < -0.39 is 0 Å². The SMILES string of the molecule is C[C@@H]1CCc2sc(-c3nnc(S[C@@H]4CCCCC4=O)o3)cc2C1. The number of thioether (sulfide) groups is 1. The van der Waals surface area contributed by atoms with Crippen molar-refractivity contribution in [3.8, 4) is 10.8 Å². The largest absolute Gasteiger partial charge is 0.410 e. The molecule has 2 aromatic heterocycles. The van der Waals surface area contributed by atoms with Crippen LogP contribution in [0.4, 0.5) is 0 Å². The average Bonchev–Trinajstić information content (AvgIpc) is 3.15. The van der Waals surface area contributed by atoms with Gasteiger partial charge in [0.2, 0.25) is 0 Å². The number of Topliss-reactive ketones (excluding diaryl/α,β-unsaturated/α-hetero) is 1. The highest BCUT2D eigenvalue weighted by atomic mass is 32.2. The third kappa shape index (κ3) is 3.24. The molecule has 0 amide bonds. The molecule has 0 saturated heterocycles. The quantitative estimate of drug-likeness (QED) is 0.816. The fourth-order valence-electron chi connectivity index (χ4n) is 3.37. The van der Waals surface area contributed by atoms with Crippen LogP contribution in [-0.4, -0.2) is 21.2 Å². The fourth-order valence-corrected chi connectivity index (χ4v) is 5.49. The van der Waals surface area contributed by atoms with E-state index in [1.807, 2.05) is 0 Å². The first-order chi connectivity index (χ1) is 11.2. The Labute approximate surface area is 144 Å². The van der Waals surface area contributed by atoms with Crippen LogP contribution in [0.1, 0.15) is 49.5 Å². The molecule has 0 bridgehead atoms. The van der Waals surface area contributed by atoms with Crippen molar-refractivity contribution in [1.82, 2.24) is 10.2 Å². The Morgan fingerprint density at radius 2 is 2.17 bits per heavy atom. The fraction of sp³-hybridized carbons (Fsp3) is 0.588. The molecular formula is C17H20N2O2S2. The standard InChI is InChI=1S/C17H20N2O2S2/c1-10-6-7-13-11(8-10)9-15(22-13)16-18-19-17(21-16)23-14-5-3-2-4-12(14)20/h9-10,14H,2-8H2,1H3/t10-,14-/m1/s1. The molecule has 2 aliphatic rings. The zero-order chi connectivity index (χ0) is 15.8. The molecule has 2 aliphatic carbocycles. The minimum Gasteiger partial charge on any atom is -0.410 e. The Kier molecular flexibility index (Phi) is 4.28. The number of carbonyl (C=O) groups excluding carboxylic acids is 1. The van der Waals surface area contributed by atoms with Crippen LogP contribution < -0.4 is 0 Å². The Bertz CT molecular complexity index is 722. The van der Waals surface area contributed by atoms with Gasteiger partial charge in [-0.15, -0.1) is 21.5 Å². The summed E-state index contributed by atoms with van der Waals surface area (Å²) in [5.41, 5.74) is 1.44. The van der Waals surface area contributed by atoms with E-state index in [-0.39, 0.29) is 5.25 Å². The molecule has 2 aromatic rings. The van der Waals surface area contributed by atoms with Crippen molar-refractivity contribution >= 4 is 28.9 Å². The van der Waals surface area contributed by atoms with Crippen molar-refractivity contribution in [2.75, 3.05) is 0 Å². The van der Waals surface area contributed by atoms with Crippen molar-refractivity contribution in [2.45, 2.75) is 62.3 Å². The molecular weight excluding hydrogens is 328 g/mol. The Morgan fingerprint density at radius 1 is 1.26 bits per heavy atom. The molecule has 4 rings (SSSR count). The summed E-state index contributed by atoms with van der Waals surface area (Å²) in [6, 6.07) is 2.21. The number of ketones is 1. The topological polar surface area (TPSA) is 56.0 Å². The zero-order valence-corrected chi connectivity index (χ0v) is 14.8. The summed E-state index contributed by atoms with van der Waals surface area (Å²) >= 11 is 3.22. The Balaban J connectivity index is 1.50. The molecule has 4 nitrogen and oxygen atoms in total. The van der Waals surface area contributed by atoms with E-state index in [4.69, 9.17) is 4.42 Å². The molecule has 0 radical (unpaired) electrons. The number of carbonyl (C=O) groups is 1. The van der Waals surface area contributed by atoms with Crippen molar-refractivity contribution in [1.29, 1.82) is 0 Å². The summed E-state index contributed by atoms with van der Waals surface area (Å²) in [6.07, 6.45) is 7.32. The number of hydrogen-bond donors (Lipinski definition) is 0. The number of nitrogens with zero attached hydrogens (tertiary/aromatic N) is 2. The molecule has 0 aromatic carbocycles. The van der Waals surface area contributed by atoms with Crippen molar-refractivity contribution in [3.05, 3.63) is 16.5 Å². The normalized spacial score (nSPS) is 24.7. The van der Waals surface area contributed by atoms with Gasteiger partial charge in [0.25, 0.3) is 11.1 Å². The van der Waals surface area contributed by atoms with E-state index in [9.17, 15) is 4.79 Å². The Hall–Kier alpha value is -1.14. The van der Waals surface area contributed by atoms with Crippen molar-refractivity contribution in [3.63, 3.8) is 0 Å². The van der Waals surface area contributed by atoms with Crippen LogP contribution >= 0.6 is 23.1 Å². The summed E-state index contributed by atoms with van der Waals surface area (Å²) in [7, 11) is 0. The summed E-state index contributed by atoms with van der Waals surface area (Å²) < 4.78 is 5.82. The van der Waals surface area contributed by atoms with Gasteiger partial charge in [0.1, 0.15) is 5.78 Å². The smallest absolute Gasteiger partial charge is 0.277 e. The van der Waals surface area contributed by atoms with Crippen LogP contribution in [0.25, 0.3) is 10.8 Å². The monoisotopic (exact) mass is 348 g/mol. The molecule has 23 heavy (non-hydrogen) atoms. The third-order valence-electron chi connectivity index (χ3n) is 4.69. The third-order valence-corrected chi connectivity index (χ3v) is 7.06. The number of hydrogen-bond acceptors (Lipinski definition) is 6. The van der Waals surface area contributed by atoms with Gasteiger partial charge in [0, 0.05) is 11.3 Å². The van der Waals surface area contributed by atoms with Gasteiger partial charge in [0.15, 0.2) is 0 Å². The molecule has 2 atom stereocenters. The van der Waals surface area contributed by atoms with E-state index in [1.165, 1.54) is 28.6 Å². The maximum absolute atomic E-state index is 11.9. The average molecular weight is 348 g/mol. The highest BCUT2D eigenvalue weighted by Crippen LogP contribution is 2.38. The van der Waals surface area contributed by atoms with E-state index in [2.05, 4.69) is 23.2 Å². The summed E-state index contributed by atoms with van der Waals surface area (Å²) in [4.78, 5) is 14.5. The van der Waals surface area contributed by atoms with E-state index in [0.29, 0.717) is 23.3 Å². The van der Waals surface area contributed by atoms with Crippen molar-refractivity contribution < 1.29 is 9.21 Å². The highest BCUT2D eigenvalue weighted by Gasteiger charge is 2.26. The van der Waals surface area contributed by atoms with E-state index in [0.717, 1.165) is 42.9 Å². The zero-order valence-electron chi connectivity index (χ0n) is 13.2. The number of aryl methyl sites for hydroxylation is 1. The van der Waals surface area contributed by atoms with Gasteiger partial charge >= 0.3 is 0 Å². The lowest BCUT2D eigenvalue weighted by Gasteiger charge is -2.17. The molecule has 0 spiro atoms. The summed E-state index contributed by atoms with van der Waals surface area (Å²) in [6.45, 7) is 2.31. The summed E-state index contributed by atoms with van der Waals surface area (Å²) in [5.74, 6) is 1.68. The van der Waals surface area contributed by atoms with Gasteiger partial charge in [-0.1, -0.05) is 25.1 Å². The molecule has 122 valence electrons. The maximum Gasteiger partial charge on any atom is 0.277 e. The lowest BCUT2D eigenvalue weighted by Crippen LogP contribution is -2.21. The second kappa shape index (κ2) is 6.40. The van der Waals surface area contributed by atoms with E-state index >= 15 is 0 Å². The van der Waals surface area contributed by atoms with Gasteiger partial charge in [-0.2, -0.15) is 0 Å². The van der Waals surface area contributed by atoms with Gasteiger partial charge < -0.3 is 4.42 Å². The van der Waals surface area contributed by atoms with Crippen LogP contribution in [0, 0.1) is 5.92 Å². The lowest BCUT2D eigenvalue weighted by atomic mass is 9.90. The van der Waals surface area contributed by atoms with Crippen LogP contribution in [0.3, 0.4) is 0 Å². The second-order valence-corrected chi connectivity index (χ2v) is 8.89. The van der Waals surface area contributed by atoms with Gasteiger partial charge in [0.05, 0.1) is 10.1 Å². The van der Waals surface area contributed by atoms with Crippen molar-refractivity contribution in [2.24, 2.45) is 5.92 Å². The molecule has 0 N–H and O–H groups in total. The van der Waals surface area contributed by atoms with Crippen LogP contribution in [-0.2, 0) is 17.6 Å². The number of aromatic nitrogens is 2. The molecule has 0 unspecified atom stereocenters. The molecule has 1 fully saturated rings. The number of fused-ring (bicyclic) bond motifs is 1. The highest BCUT2D eigenvalue weighted by molar-refractivity contribution is 8.00. The summed E-state index contributed by atoms with van der Waals surface area (Å²) in [5, 5.41) is 8.87.